The number of carbonyl (C=O) groups is 1. The molecule has 0 aliphatic carbocycles. The lowest BCUT2D eigenvalue weighted by Crippen LogP contribution is -2.25. The van der Waals surface area contributed by atoms with Crippen LogP contribution < -0.4 is 10.0 Å². The number of aliphatic hydroxyl groups is 1. The van der Waals surface area contributed by atoms with Crippen LogP contribution in [-0.4, -0.2) is 11.1 Å². The summed E-state index contributed by atoms with van der Waals surface area (Å²) < 4.78 is 30.9. The maximum atomic E-state index is 14.4. The molecule has 0 radical (unpaired) electrons. The first-order valence-electron chi connectivity index (χ1n) is 9.49. The van der Waals surface area contributed by atoms with Crippen molar-refractivity contribution in [1.82, 2.24) is 4.72 Å². The number of anilines is 1. The quantitative estimate of drug-likeness (QED) is 0.481. The van der Waals surface area contributed by atoms with Gasteiger partial charge in [-0.3, -0.25) is 4.72 Å². The lowest BCUT2D eigenvalue weighted by molar-refractivity contribution is 0.0780. The summed E-state index contributed by atoms with van der Waals surface area (Å²) >= 11 is 0.918. The van der Waals surface area contributed by atoms with E-state index in [0.717, 1.165) is 17.5 Å². The van der Waals surface area contributed by atoms with Crippen molar-refractivity contribution in [3.63, 3.8) is 0 Å². The van der Waals surface area contributed by atoms with Crippen molar-refractivity contribution in [2.75, 3.05) is 5.32 Å². The fraction of sp³-hybridized carbons (Fsp3) is 0.409. The van der Waals surface area contributed by atoms with Crippen molar-refractivity contribution in [3.8, 4) is 0 Å². The summed E-state index contributed by atoms with van der Waals surface area (Å²) in [5.74, 6) is -0.904. The molecule has 4 nitrogen and oxygen atoms in total. The third kappa shape index (κ3) is 5.93. The summed E-state index contributed by atoms with van der Waals surface area (Å²) in [6, 6.07) is 6.68. The monoisotopic (exact) mass is 422 g/mol. The van der Waals surface area contributed by atoms with Crippen LogP contribution in [0.15, 0.2) is 35.2 Å². The Morgan fingerprint density at radius 3 is 2.28 bits per heavy atom. The third-order valence-electron chi connectivity index (χ3n) is 4.50. The normalized spacial score (nSPS) is 11.8. The first-order valence-corrected chi connectivity index (χ1v) is 10.3. The van der Waals surface area contributed by atoms with E-state index >= 15 is 0 Å². The summed E-state index contributed by atoms with van der Waals surface area (Å²) in [6.07, 6.45) is 0. The number of hydrogen-bond acceptors (Lipinski definition) is 3. The summed E-state index contributed by atoms with van der Waals surface area (Å²) in [6.45, 7) is 10.8. The molecule has 0 aromatic heterocycles. The zero-order chi connectivity index (χ0) is 21.9. The smallest absolute Gasteiger partial charge is 0.329 e. The zero-order valence-corrected chi connectivity index (χ0v) is 18.4. The Kier molecular flexibility index (Phi) is 7.30. The van der Waals surface area contributed by atoms with E-state index in [0.29, 0.717) is 21.7 Å². The number of amides is 2. The van der Waals surface area contributed by atoms with Gasteiger partial charge in [-0.15, -0.1) is 0 Å². The summed E-state index contributed by atoms with van der Waals surface area (Å²) in [4.78, 5) is 12.9. The molecule has 0 atom stereocenters. The van der Waals surface area contributed by atoms with Gasteiger partial charge in [-0.05, 0) is 73.0 Å². The van der Waals surface area contributed by atoms with Crippen LogP contribution in [0, 0.1) is 11.6 Å². The van der Waals surface area contributed by atoms with Crippen LogP contribution in [0.2, 0.25) is 0 Å². The number of nitrogens with one attached hydrogen (secondary N) is 2. The van der Waals surface area contributed by atoms with Gasteiger partial charge in [0.05, 0.1) is 11.3 Å². The Hall–Kier alpha value is -2.12. The minimum atomic E-state index is -1.21. The molecule has 0 spiro atoms. The van der Waals surface area contributed by atoms with Crippen LogP contribution in [0.5, 0.6) is 0 Å². The van der Waals surface area contributed by atoms with E-state index in [1.165, 1.54) is 18.2 Å². The Morgan fingerprint density at radius 1 is 1.07 bits per heavy atom. The van der Waals surface area contributed by atoms with Crippen LogP contribution >= 0.6 is 11.9 Å². The standard InChI is InChI=1S/C22H28F2N2O2S/c1-12(2)17-7-8-18(24)19(13(3)4)20(17)25-21(27)26-29-16-10-14(22(5,6)28)9-15(23)11-16/h7-13,28H,1-6H3,(H2,25,26,27). The molecule has 0 bridgehead atoms. The number of benzene rings is 2. The molecular formula is C22H28F2N2O2S. The highest BCUT2D eigenvalue weighted by molar-refractivity contribution is 7.98. The van der Waals surface area contributed by atoms with Gasteiger partial charge in [-0.2, -0.15) is 0 Å². The molecule has 29 heavy (non-hydrogen) atoms. The van der Waals surface area contributed by atoms with Crippen molar-refractivity contribution in [2.24, 2.45) is 0 Å². The van der Waals surface area contributed by atoms with Crippen LogP contribution in [0.4, 0.5) is 19.3 Å². The molecular weight excluding hydrogens is 394 g/mol. The van der Waals surface area contributed by atoms with Crippen LogP contribution in [0.3, 0.4) is 0 Å². The topological polar surface area (TPSA) is 61.4 Å². The molecule has 0 aliphatic rings. The predicted molar refractivity (Wildman–Crippen MR) is 114 cm³/mol. The first-order chi connectivity index (χ1) is 13.4. The Labute approximate surface area is 175 Å². The second-order valence-electron chi connectivity index (χ2n) is 8.13. The molecule has 0 aliphatic heterocycles. The van der Waals surface area contributed by atoms with Gasteiger partial charge in [0.25, 0.3) is 0 Å². The highest BCUT2D eigenvalue weighted by Gasteiger charge is 2.21. The second-order valence-corrected chi connectivity index (χ2v) is 9.01. The molecule has 2 amide bonds. The van der Waals surface area contributed by atoms with Gasteiger partial charge in [-0.25, -0.2) is 13.6 Å². The van der Waals surface area contributed by atoms with Crippen LogP contribution in [-0.2, 0) is 5.60 Å². The van der Waals surface area contributed by atoms with Gasteiger partial charge >= 0.3 is 6.03 Å². The largest absolute Gasteiger partial charge is 0.386 e. The molecule has 7 heteroatoms. The highest BCUT2D eigenvalue weighted by Crippen LogP contribution is 2.34. The first kappa shape index (κ1) is 23.2. The van der Waals surface area contributed by atoms with Crippen molar-refractivity contribution in [1.29, 1.82) is 0 Å². The predicted octanol–water partition coefficient (Wildman–Crippen LogP) is 6.27. The van der Waals surface area contributed by atoms with Gasteiger partial charge in [0.2, 0.25) is 0 Å². The average molecular weight is 423 g/mol. The molecule has 0 fully saturated rings. The van der Waals surface area contributed by atoms with Crippen molar-refractivity contribution in [3.05, 3.63) is 58.7 Å². The van der Waals surface area contributed by atoms with Gasteiger partial charge in [-0.1, -0.05) is 33.8 Å². The van der Waals surface area contributed by atoms with Gasteiger partial charge in [0.1, 0.15) is 11.6 Å². The van der Waals surface area contributed by atoms with E-state index in [4.69, 9.17) is 0 Å². The second kappa shape index (κ2) is 9.13. The number of halogens is 2. The Morgan fingerprint density at radius 2 is 1.72 bits per heavy atom. The number of carbonyl (C=O) groups excluding carboxylic acids is 1. The van der Waals surface area contributed by atoms with Gasteiger partial charge in [0, 0.05) is 10.5 Å². The van der Waals surface area contributed by atoms with Gasteiger partial charge < -0.3 is 10.4 Å². The summed E-state index contributed by atoms with van der Waals surface area (Å²) in [5.41, 5.74) is 0.942. The lowest BCUT2D eigenvalue weighted by Gasteiger charge is -2.21. The molecule has 0 heterocycles. The molecule has 2 rings (SSSR count). The molecule has 2 aromatic rings. The number of urea groups is 1. The molecule has 3 N–H and O–H groups in total. The third-order valence-corrected chi connectivity index (χ3v) is 5.26. The van der Waals surface area contributed by atoms with E-state index in [2.05, 4.69) is 10.0 Å². The molecule has 158 valence electrons. The minimum absolute atomic E-state index is 0.0913. The van der Waals surface area contributed by atoms with E-state index in [9.17, 15) is 18.7 Å². The molecule has 0 unspecified atom stereocenters. The Balaban J connectivity index is 2.23. The minimum Gasteiger partial charge on any atom is -0.386 e. The molecule has 0 saturated carbocycles. The van der Waals surface area contributed by atoms with Gasteiger partial charge in [0.15, 0.2) is 0 Å². The average Bonchev–Trinajstić information content (AvgIpc) is 2.58. The van der Waals surface area contributed by atoms with E-state index in [1.54, 1.807) is 26.0 Å². The van der Waals surface area contributed by atoms with Crippen LogP contribution in [0.25, 0.3) is 0 Å². The Bertz CT molecular complexity index is 893. The molecule has 2 aromatic carbocycles. The van der Waals surface area contributed by atoms with E-state index in [-0.39, 0.29) is 17.7 Å². The van der Waals surface area contributed by atoms with E-state index < -0.39 is 17.4 Å². The summed E-state index contributed by atoms with van der Waals surface area (Å²) in [5, 5.41) is 12.8. The lowest BCUT2D eigenvalue weighted by atomic mass is 9.92. The van der Waals surface area contributed by atoms with Crippen molar-refractivity contribution in [2.45, 2.75) is 63.9 Å². The maximum absolute atomic E-state index is 14.4. The molecule has 0 saturated heterocycles. The zero-order valence-electron chi connectivity index (χ0n) is 17.6. The van der Waals surface area contributed by atoms with Crippen molar-refractivity contribution >= 4 is 23.7 Å². The number of hydrogen-bond donors (Lipinski definition) is 3. The van der Waals surface area contributed by atoms with Crippen molar-refractivity contribution < 1.29 is 18.7 Å². The fourth-order valence-corrected chi connectivity index (χ4v) is 3.63. The maximum Gasteiger partial charge on any atom is 0.329 e. The number of rotatable bonds is 6. The van der Waals surface area contributed by atoms with E-state index in [1.807, 2.05) is 27.7 Å². The highest BCUT2D eigenvalue weighted by atomic mass is 32.2. The fourth-order valence-electron chi connectivity index (χ4n) is 3.02. The van der Waals surface area contributed by atoms with Crippen LogP contribution in [0.1, 0.15) is 70.1 Å². The SMILES string of the molecule is CC(C)c1ccc(F)c(C(C)C)c1NC(=O)NSc1cc(F)cc(C(C)(C)O)c1. The summed E-state index contributed by atoms with van der Waals surface area (Å²) in [7, 11) is 0.